The zero-order chi connectivity index (χ0) is 16.1. The molecule has 2 aromatic rings. The van der Waals surface area contributed by atoms with Gasteiger partial charge in [-0.05, 0) is 30.2 Å². The normalized spacial score (nSPS) is 10.5. The Morgan fingerprint density at radius 3 is 2.59 bits per heavy atom. The van der Waals surface area contributed by atoms with E-state index >= 15 is 0 Å². The summed E-state index contributed by atoms with van der Waals surface area (Å²) in [6.07, 6.45) is 0.190. The molecule has 0 spiro atoms. The first-order valence-corrected chi connectivity index (χ1v) is 6.68. The minimum atomic E-state index is -1.01. The predicted octanol–water partition coefficient (Wildman–Crippen LogP) is 2.28. The van der Waals surface area contributed by atoms with Gasteiger partial charge in [0.2, 0.25) is 5.91 Å². The number of amides is 1. The molecule has 0 aliphatic rings. The topological polar surface area (TPSA) is 69.6 Å². The Bertz CT molecular complexity index is 689. The van der Waals surface area contributed by atoms with E-state index in [1.54, 1.807) is 6.07 Å². The van der Waals surface area contributed by atoms with Crippen molar-refractivity contribution in [3.05, 3.63) is 59.2 Å². The largest absolute Gasteiger partial charge is 0.504 e. The zero-order valence-corrected chi connectivity index (χ0v) is 11.6. The number of halogens is 2. The predicted molar refractivity (Wildman–Crippen MR) is 76.5 cm³/mol. The quantitative estimate of drug-likeness (QED) is 0.742. The summed E-state index contributed by atoms with van der Waals surface area (Å²) in [5.41, 5.74) is 0.729. The molecule has 3 N–H and O–H groups in total. The SMILES string of the molecule is O=C(Cc1cccc(F)c1F)NCCc1ccc(O)c(O)c1. The Hall–Kier alpha value is -2.63. The number of hydrogen-bond acceptors (Lipinski definition) is 3. The highest BCUT2D eigenvalue weighted by Crippen LogP contribution is 2.24. The Morgan fingerprint density at radius 2 is 1.86 bits per heavy atom. The van der Waals surface area contributed by atoms with E-state index in [2.05, 4.69) is 5.32 Å². The molecule has 1 amide bonds. The van der Waals surface area contributed by atoms with E-state index in [-0.39, 0.29) is 30.0 Å². The fourth-order valence-corrected chi connectivity index (χ4v) is 1.99. The van der Waals surface area contributed by atoms with Crippen LogP contribution >= 0.6 is 0 Å². The number of aromatic hydroxyl groups is 2. The van der Waals surface area contributed by atoms with E-state index in [0.29, 0.717) is 6.42 Å². The summed E-state index contributed by atoms with van der Waals surface area (Å²) in [7, 11) is 0. The highest BCUT2D eigenvalue weighted by molar-refractivity contribution is 5.78. The van der Waals surface area contributed by atoms with Gasteiger partial charge in [0.05, 0.1) is 6.42 Å². The number of benzene rings is 2. The molecule has 0 bridgehead atoms. The number of rotatable bonds is 5. The lowest BCUT2D eigenvalue weighted by atomic mass is 10.1. The Kier molecular flexibility index (Phi) is 4.93. The van der Waals surface area contributed by atoms with Crippen molar-refractivity contribution in [3.8, 4) is 11.5 Å². The monoisotopic (exact) mass is 307 g/mol. The molecule has 0 atom stereocenters. The van der Waals surface area contributed by atoms with Crippen LogP contribution in [0.3, 0.4) is 0 Å². The molecule has 0 radical (unpaired) electrons. The van der Waals surface area contributed by atoms with Crippen molar-refractivity contribution in [2.45, 2.75) is 12.8 Å². The second-order valence-electron chi connectivity index (χ2n) is 4.81. The molecular weight excluding hydrogens is 292 g/mol. The van der Waals surface area contributed by atoms with E-state index in [4.69, 9.17) is 0 Å². The maximum absolute atomic E-state index is 13.4. The van der Waals surface area contributed by atoms with Crippen LogP contribution in [0.15, 0.2) is 36.4 Å². The van der Waals surface area contributed by atoms with Gasteiger partial charge in [0, 0.05) is 12.1 Å². The van der Waals surface area contributed by atoms with Gasteiger partial charge in [0.25, 0.3) is 0 Å². The van der Waals surface area contributed by atoms with Gasteiger partial charge in [-0.25, -0.2) is 8.78 Å². The summed E-state index contributed by atoms with van der Waals surface area (Å²) >= 11 is 0. The van der Waals surface area contributed by atoms with Crippen molar-refractivity contribution >= 4 is 5.91 Å². The van der Waals surface area contributed by atoms with Crippen molar-refractivity contribution in [2.75, 3.05) is 6.54 Å². The maximum Gasteiger partial charge on any atom is 0.224 e. The molecule has 0 unspecified atom stereocenters. The van der Waals surface area contributed by atoms with E-state index in [1.165, 1.54) is 24.3 Å². The third kappa shape index (κ3) is 3.94. The highest BCUT2D eigenvalue weighted by Gasteiger charge is 2.11. The molecule has 0 saturated carbocycles. The molecule has 4 nitrogen and oxygen atoms in total. The van der Waals surface area contributed by atoms with Crippen LogP contribution in [-0.2, 0) is 17.6 Å². The second kappa shape index (κ2) is 6.89. The number of carbonyl (C=O) groups excluding carboxylic acids is 1. The first kappa shape index (κ1) is 15.8. The summed E-state index contributed by atoms with van der Waals surface area (Å²) in [5, 5.41) is 21.1. The summed E-state index contributed by atoms with van der Waals surface area (Å²) in [4.78, 5) is 11.7. The molecule has 22 heavy (non-hydrogen) atoms. The Morgan fingerprint density at radius 1 is 1.09 bits per heavy atom. The van der Waals surface area contributed by atoms with Gasteiger partial charge in [-0.1, -0.05) is 18.2 Å². The first-order chi connectivity index (χ1) is 10.5. The van der Waals surface area contributed by atoms with Crippen LogP contribution in [0.1, 0.15) is 11.1 Å². The van der Waals surface area contributed by atoms with Crippen LogP contribution in [0.25, 0.3) is 0 Å². The van der Waals surface area contributed by atoms with Gasteiger partial charge >= 0.3 is 0 Å². The van der Waals surface area contributed by atoms with Gasteiger partial charge in [-0.2, -0.15) is 0 Å². The third-order valence-corrected chi connectivity index (χ3v) is 3.16. The maximum atomic E-state index is 13.4. The van der Waals surface area contributed by atoms with Gasteiger partial charge in [-0.15, -0.1) is 0 Å². The first-order valence-electron chi connectivity index (χ1n) is 6.68. The lowest BCUT2D eigenvalue weighted by Crippen LogP contribution is -2.27. The van der Waals surface area contributed by atoms with Crippen molar-refractivity contribution in [2.24, 2.45) is 0 Å². The zero-order valence-electron chi connectivity index (χ0n) is 11.6. The minimum absolute atomic E-state index is 0.000206. The second-order valence-corrected chi connectivity index (χ2v) is 4.81. The number of hydrogen-bond donors (Lipinski definition) is 3. The molecule has 0 aliphatic carbocycles. The molecule has 2 rings (SSSR count). The molecular formula is C16H15F2NO3. The molecule has 0 aliphatic heterocycles. The van der Waals surface area contributed by atoms with E-state index < -0.39 is 17.5 Å². The molecule has 2 aromatic carbocycles. The lowest BCUT2D eigenvalue weighted by Gasteiger charge is -2.07. The van der Waals surface area contributed by atoms with Crippen LogP contribution < -0.4 is 5.32 Å². The van der Waals surface area contributed by atoms with Crippen molar-refractivity contribution < 1.29 is 23.8 Å². The van der Waals surface area contributed by atoms with Crippen molar-refractivity contribution in [3.63, 3.8) is 0 Å². The standard InChI is InChI=1S/C16H15F2NO3/c17-12-3-1-2-11(16(12)18)9-15(22)19-7-6-10-4-5-13(20)14(21)8-10/h1-5,8,20-21H,6-7,9H2,(H,19,22). The summed E-state index contributed by atoms with van der Waals surface area (Å²) < 4.78 is 26.4. The summed E-state index contributed by atoms with van der Waals surface area (Å²) in [6, 6.07) is 8.07. The summed E-state index contributed by atoms with van der Waals surface area (Å²) in [6.45, 7) is 0.278. The molecule has 0 aromatic heterocycles. The number of phenols is 2. The molecule has 0 fully saturated rings. The number of nitrogens with one attached hydrogen (secondary N) is 1. The van der Waals surface area contributed by atoms with Crippen molar-refractivity contribution in [1.82, 2.24) is 5.32 Å². The highest BCUT2D eigenvalue weighted by atomic mass is 19.2. The van der Waals surface area contributed by atoms with Gasteiger partial charge in [-0.3, -0.25) is 4.79 Å². The Labute approximate surface area is 126 Å². The third-order valence-electron chi connectivity index (χ3n) is 3.16. The molecule has 0 heterocycles. The van der Waals surface area contributed by atoms with Crippen molar-refractivity contribution in [1.29, 1.82) is 0 Å². The Balaban J connectivity index is 1.85. The van der Waals surface area contributed by atoms with Gasteiger partial charge in [0.1, 0.15) is 0 Å². The molecule has 116 valence electrons. The van der Waals surface area contributed by atoms with Crippen LogP contribution in [-0.4, -0.2) is 22.7 Å². The van der Waals surface area contributed by atoms with Crippen LogP contribution in [0.5, 0.6) is 11.5 Å². The number of carbonyl (C=O) groups is 1. The van der Waals surface area contributed by atoms with E-state index in [9.17, 15) is 23.8 Å². The fourth-order valence-electron chi connectivity index (χ4n) is 1.99. The minimum Gasteiger partial charge on any atom is -0.504 e. The average molecular weight is 307 g/mol. The van der Waals surface area contributed by atoms with Crippen LogP contribution in [0.4, 0.5) is 8.78 Å². The molecule has 6 heteroatoms. The van der Waals surface area contributed by atoms with Crippen LogP contribution in [0, 0.1) is 11.6 Å². The van der Waals surface area contributed by atoms with Gasteiger partial charge in [0.15, 0.2) is 23.1 Å². The van der Waals surface area contributed by atoms with Crippen LogP contribution in [0.2, 0.25) is 0 Å². The van der Waals surface area contributed by atoms with E-state index in [0.717, 1.165) is 11.6 Å². The van der Waals surface area contributed by atoms with E-state index in [1.807, 2.05) is 0 Å². The smallest absolute Gasteiger partial charge is 0.224 e. The summed E-state index contributed by atoms with van der Waals surface area (Å²) in [5.74, 6) is -2.86. The number of phenolic OH excluding ortho intramolecular Hbond substituents is 2. The fraction of sp³-hybridized carbons (Fsp3) is 0.188. The average Bonchev–Trinajstić information content (AvgIpc) is 2.48. The molecule has 0 saturated heterocycles. The lowest BCUT2D eigenvalue weighted by molar-refractivity contribution is -0.120. The van der Waals surface area contributed by atoms with Gasteiger partial charge < -0.3 is 15.5 Å².